The van der Waals surface area contributed by atoms with Crippen molar-refractivity contribution in [2.45, 2.75) is 26.2 Å². The molecular formula is C22H25N3OS. The van der Waals surface area contributed by atoms with E-state index >= 15 is 0 Å². The fourth-order valence-corrected chi connectivity index (χ4v) is 4.58. The van der Waals surface area contributed by atoms with E-state index in [2.05, 4.69) is 58.9 Å². The highest BCUT2D eigenvalue weighted by Crippen LogP contribution is 2.36. The molecule has 27 heavy (non-hydrogen) atoms. The molecule has 2 aromatic heterocycles. The van der Waals surface area contributed by atoms with Gasteiger partial charge in [0.1, 0.15) is 0 Å². The molecule has 1 N–H and O–H groups in total. The monoisotopic (exact) mass is 379 g/mol. The number of carbonyl (C=O) groups excluding carboxylic acids is 1. The zero-order chi connectivity index (χ0) is 18.6. The van der Waals surface area contributed by atoms with Crippen LogP contribution in [0.5, 0.6) is 0 Å². The number of thiophene rings is 1. The number of hydrogen-bond acceptors (Lipinski definition) is 4. The molecule has 4 rings (SSSR count). The van der Waals surface area contributed by atoms with Crippen LogP contribution in [0.4, 0.5) is 5.69 Å². The van der Waals surface area contributed by atoms with Crippen molar-refractivity contribution < 1.29 is 4.79 Å². The number of anilines is 1. The van der Waals surface area contributed by atoms with Crippen LogP contribution in [-0.4, -0.2) is 30.5 Å². The molecule has 0 atom stereocenters. The van der Waals surface area contributed by atoms with Gasteiger partial charge in [-0.05, 0) is 36.8 Å². The topological polar surface area (TPSA) is 45.2 Å². The van der Waals surface area contributed by atoms with Gasteiger partial charge < -0.3 is 10.2 Å². The summed E-state index contributed by atoms with van der Waals surface area (Å²) < 4.78 is 1.24. The predicted octanol–water partition coefficient (Wildman–Crippen LogP) is 4.71. The third-order valence-corrected chi connectivity index (χ3v) is 6.14. The number of piperidine rings is 1. The lowest BCUT2D eigenvalue weighted by atomic mass is 9.95. The molecule has 1 amide bonds. The molecule has 0 spiro atoms. The average molecular weight is 380 g/mol. The van der Waals surface area contributed by atoms with Crippen LogP contribution in [0, 0.1) is 5.92 Å². The highest BCUT2D eigenvalue weighted by atomic mass is 32.1. The van der Waals surface area contributed by atoms with Gasteiger partial charge in [-0.3, -0.25) is 4.79 Å². The summed E-state index contributed by atoms with van der Waals surface area (Å²) in [6, 6.07) is 14.7. The van der Waals surface area contributed by atoms with Gasteiger partial charge in [0.25, 0.3) is 0 Å². The number of hydrogen-bond donors (Lipinski definition) is 1. The molecule has 0 radical (unpaired) electrons. The number of nitrogens with zero attached hydrogens (tertiary/aromatic N) is 2. The quantitative estimate of drug-likeness (QED) is 0.698. The molecule has 0 unspecified atom stereocenters. The van der Waals surface area contributed by atoms with E-state index in [1.54, 1.807) is 11.3 Å². The fraction of sp³-hybridized carbons (Fsp3) is 0.364. The number of rotatable bonds is 5. The Morgan fingerprint density at radius 3 is 2.74 bits per heavy atom. The van der Waals surface area contributed by atoms with E-state index in [9.17, 15) is 4.79 Å². The van der Waals surface area contributed by atoms with Gasteiger partial charge in [-0.25, -0.2) is 4.98 Å². The van der Waals surface area contributed by atoms with Gasteiger partial charge in [-0.2, -0.15) is 0 Å². The molecule has 1 aliphatic heterocycles. The van der Waals surface area contributed by atoms with Crippen LogP contribution in [0.2, 0.25) is 0 Å². The van der Waals surface area contributed by atoms with Crippen LogP contribution in [0.3, 0.4) is 0 Å². The number of carbonyl (C=O) groups is 1. The number of pyridine rings is 1. The van der Waals surface area contributed by atoms with Crippen molar-refractivity contribution in [3.63, 3.8) is 0 Å². The van der Waals surface area contributed by atoms with E-state index in [0.717, 1.165) is 55.7 Å². The van der Waals surface area contributed by atoms with Gasteiger partial charge in [0, 0.05) is 31.1 Å². The summed E-state index contributed by atoms with van der Waals surface area (Å²) in [7, 11) is 0. The van der Waals surface area contributed by atoms with Crippen molar-refractivity contribution in [1.29, 1.82) is 0 Å². The number of aromatic nitrogens is 1. The minimum atomic E-state index is 0.141. The van der Waals surface area contributed by atoms with Crippen molar-refractivity contribution >= 4 is 33.1 Å². The van der Waals surface area contributed by atoms with Gasteiger partial charge >= 0.3 is 0 Å². The molecule has 5 heteroatoms. The van der Waals surface area contributed by atoms with E-state index in [1.165, 1.54) is 10.4 Å². The Morgan fingerprint density at radius 2 is 2.00 bits per heavy atom. The Kier molecular flexibility index (Phi) is 5.39. The highest BCUT2D eigenvalue weighted by Gasteiger charge is 2.26. The third kappa shape index (κ3) is 3.83. The van der Waals surface area contributed by atoms with Crippen LogP contribution in [0.15, 0.2) is 47.8 Å². The van der Waals surface area contributed by atoms with Crippen molar-refractivity contribution in [3.8, 4) is 11.3 Å². The second-order valence-electron chi connectivity index (χ2n) is 7.08. The number of nitrogens with one attached hydrogen (secondary N) is 1. The second kappa shape index (κ2) is 8.09. The van der Waals surface area contributed by atoms with E-state index in [1.807, 2.05) is 6.07 Å². The first-order valence-corrected chi connectivity index (χ1v) is 10.6. The molecule has 0 bridgehead atoms. The molecule has 4 nitrogen and oxygen atoms in total. The Balaban J connectivity index is 1.57. The normalized spacial score (nSPS) is 15.2. The Labute approximate surface area is 164 Å². The maximum Gasteiger partial charge on any atom is 0.223 e. The van der Waals surface area contributed by atoms with E-state index in [-0.39, 0.29) is 11.8 Å². The number of amides is 1. The lowest BCUT2D eigenvalue weighted by molar-refractivity contribution is -0.125. The Bertz CT molecular complexity index is 914. The van der Waals surface area contributed by atoms with Gasteiger partial charge in [0.15, 0.2) is 0 Å². The van der Waals surface area contributed by atoms with Crippen LogP contribution in [0.1, 0.15) is 26.2 Å². The highest BCUT2D eigenvalue weighted by molar-refractivity contribution is 7.17. The molecule has 0 aliphatic carbocycles. The SMILES string of the molecule is CCCNC(=O)C1CCN(c2cc(-c3ccccc3)nc3ccsc23)CC1. The lowest BCUT2D eigenvalue weighted by Gasteiger charge is -2.33. The molecule has 1 fully saturated rings. The maximum atomic E-state index is 12.3. The molecule has 140 valence electrons. The Hall–Kier alpha value is -2.40. The van der Waals surface area contributed by atoms with Crippen molar-refractivity contribution in [3.05, 3.63) is 47.8 Å². The predicted molar refractivity (Wildman–Crippen MR) is 113 cm³/mol. The van der Waals surface area contributed by atoms with Crippen LogP contribution in [0.25, 0.3) is 21.5 Å². The summed E-state index contributed by atoms with van der Waals surface area (Å²) in [5.74, 6) is 0.361. The molecule has 3 aromatic rings. The van der Waals surface area contributed by atoms with E-state index in [4.69, 9.17) is 4.98 Å². The first-order valence-electron chi connectivity index (χ1n) is 9.72. The summed E-state index contributed by atoms with van der Waals surface area (Å²) in [6.07, 6.45) is 2.80. The molecule has 0 saturated carbocycles. The van der Waals surface area contributed by atoms with Crippen LogP contribution >= 0.6 is 11.3 Å². The van der Waals surface area contributed by atoms with E-state index < -0.39 is 0 Å². The zero-order valence-electron chi connectivity index (χ0n) is 15.6. The fourth-order valence-electron chi connectivity index (χ4n) is 3.71. The summed E-state index contributed by atoms with van der Waals surface area (Å²) >= 11 is 1.75. The number of benzene rings is 1. The third-order valence-electron chi connectivity index (χ3n) is 5.22. The van der Waals surface area contributed by atoms with E-state index in [0.29, 0.717) is 0 Å². The molecule has 1 aliphatic rings. The minimum Gasteiger partial charge on any atom is -0.370 e. The summed E-state index contributed by atoms with van der Waals surface area (Å²) in [4.78, 5) is 19.6. The summed E-state index contributed by atoms with van der Waals surface area (Å²) in [5.41, 5.74) is 4.46. The summed E-state index contributed by atoms with van der Waals surface area (Å²) in [5, 5.41) is 5.16. The first kappa shape index (κ1) is 18.0. The van der Waals surface area contributed by atoms with Crippen LogP contribution in [-0.2, 0) is 4.79 Å². The smallest absolute Gasteiger partial charge is 0.223 e. The van der Waals surface area contributed by atoms with Crippen LogP contribution < -0.4 is 10.2 Å². The standard InChI is InChI=1S/C22H25N3OS/c1-2-11-23-22(26)17-8-12-25(13-9-17)20-15-19(16-6-4-3-5-7-16)24-18-10-14-27-21(18)20/h3-7,10,14-15,17H,2,8-9,11-13H2,1H3,(H,23,26). The van der Waals surface area contributed by atoms with Crippen molar-refractivity contribution in [1.82, 2.24) is 10.3 Å². The summed E-state index contributed by atoms with van der Waals surface area (Å²) in [6.45, 7) is 4.69. The van der Waals surface area contributed by atoms with Crippen molar-refractivity contribution in [2.75, 3.05) is 24.5 Å². The van der Waals surface area contributed by atoms with Gasteiger partial charge in [0.2, 0.25) is 5.91 Å². The molecular weight excluding hydrogens is 354 g/mol. The van der Waals surface area contributed by atoms with Gasteiger partial charge in [-0.15, -0.1) is 11.3 Å². The average Bonchev–Trinajstić information content (AvgIpc) is 3.21. The lowest BCUT2D eigenvalue weighted by Crippen LogP contribution is -2.40. The van der Waals surface area contributed by atoms with Gasteiger partial charge in [0.05, 0.1) is 21.6 Å². The maximum absolute atomic E-state index is 12.3. The van der Waals surface area contributed by atoms with Crippen molar-refractivity contribution in [2.24, 2.45) is 5.92 Å². The Morgan fingerprint density at radius 1 is 1.22 bits per heavy atom. The number of fused-ring (bicyclic) bond motifs is 1. The molecule has 1 saturated heterocycles. The molecule has 1 aromatic carbocycles. The first-order chi connectivity index (χ1) is 13.3. The minimum absolute atomic E-state index is 0.141. The second-order valence-corrected chi connectivity index (χ2v) is 8.00. The molecule has 3 heterocycles. The van der Waals surface area contributed by atoms with Gasteiger partial charge in [-0.1, -0.05) is 37.3 Å². The largest absolute Gasteiger partial charge is 0.370 e. The zero-order valence-corrected chi connectivity index (χ0v) is 16.5.